The van der Waals surface area contributed by atoms with Crippen molar-refractivity contribution >= 4 is 6.03 Å². The zero-order chi connectivity index (χ0) is 18.2. The van der Waals surface area contributed by atoms with E-state index in [0.29, 0.717) is 13.1 Å². The maximum Gasteiger partial charge on any atom is 0.315 e. The van der Waals surface area contributed by atoms with Crippen LogP contribution in [0.3, 0.4) is 0 Å². The number of piperidine rings is 1. The molecule has 0 aromatic heterocycles. The van der Waals surface area contributed by atoms with Crippen LogP contribution in [0, 0.1) is 5.92 Å². The first kappa shape index (κ1) is 18.5. The molecule has 1 saturated heterocycles. The number of hydrogen-bond acceptors (Lipinski definition) is 2. The molecule has 26 heavy (non-hydrogen) atoms. The van der Waals surface area contributed by atoms with Crippen LogP contribution in [0.5, 0.6) is 0 Å². The van der Waals surface area contributed by atoms with Crippen LogP contribution >= 0.6 is 0 Å². The molecular weight excluding hydrogens is 322 g/mol. The number of carbonyl (C=O) groups is 1. The molecule has 0 radical (unpaired) electrons. The van der Waals surface area contributed by atoms with Crippen molar-refractivity contribution in [3.05, 3.63) is 71.8 Å². The number of benzene rings is 2. The molecule has 1 heterocycles. The molecule has 1 fully saturated rings. The number of likely N-dealkylation sites (tertiary alicyclic amines) is 1. The molecule has 4 heteroatoms. The Labute approximate surface area is 156 Å². The molecule has 0 bridgehead atoms. The van der Waals surface area contributed by atoms with E-state index in [4.69, 9.17) is 0 Å². The lowest BCUT2D eigenvalue weighted by Crippen LogP contribution is -2.44. The first-order chi connectivity index (χ1) is 12.7. The molecule has 1 unspecified atom stereocenters. The van der Waals surface area contributed by atoms with Gasteiger partial charge in [-0.1, -0.05) is 67.6 Å². The number of nitrogens with one attached hydrogen (secondary N) is 2. The molecule has 1 aliphatic heterocycles. The second-order valence-corrected chi connectivity index (χ2v) is 7.19. The van der Waals surface area contributed by atoms with E-state index in [1.54, 1.807) is 0 Å². The van der Waals surface area contributed by atoms with Gasteiger partial charge in [-0.2, -0.15) is 0 Å². The number of nitrogens with zero attached hydrogens (tertiary/aromatic N) is 1. The summed E-state index contributed by atoms with van der Waals surface area (Å²) in [6.07, 6.45) is 2.45. The molecule has 3 rings (SSSR count). The highest BCUT2D eigenvalue weighted by Gasteiger charge is 2.24. The fraction of sp³-hybridized carbons (Fsp3) is 0.409. The van der Waals surface area contributed by atoms with E-state index < -0.39 is 0 Å². The van der Waals surface area contributed by atoms with Crippen molar-refractivity contribution in [3.8, 4) is 0 Å². The van der Waals surface area contributed by atoms with Crippen LogP contribution in [0.1, 0.15) is 36.9 Å². The van der Waals surface area contributed by atoms with Gasteiger partial charge in [-0.05, 0) is 43.0 Å². The third kappa shape index (κ3) is 5.33. The fourth-order valence-electron chi connectivity index (χ4n) is 3.50. The molecule has 0 saturated carbocycles. The van der Waals surface area contributed by atoms with Crippen LogP contribution in [-0.4, -0.2) is 30.6 Å². The normalized spacial score (nSPS) is 16.8. The topological polar surface area (TPSA) is 44.4 Å². The highest BCUT2D eigenvalue weighted by atomic mass is 16.2. The van der Waals surface area contributed by atoms with Gasteiger partial charge in [-0.15, -0.1) is 0 Å². The van der Waals surface area contributed by atoms with Crippen LogP contribution < -0.4 is 10.6 Å². The minimum atomic E-state index is -0.111. The van der Waals surface area contributed by atoms with Crippen molar-refractivity contribution < 1.29 is 4.79 Å². The van der Waals surface area contributed by atoms with Crippen LogP contribution in [-0.2, 0) is 6.54 Å². The predicted octanol–water partition coefficient (Wildman–Crippen LogP) is 3.96. The Kier molecular flexibility index (Phi) is 6.67. The molecule has 1 atom stereocenters. The average molecular weight is 351 g/mol. The van der Waals surface area contributed by atoms with Crippen molar-refractivity contribution in [2.75, 3.05) is 19.6 Å². The fourth-order valence-corrected chi connectivity index (χ4v) is 3.50. The summed E-state index contributed by atoms with van der Waals surface area (Å²) in [5, 5.41) is 6.02. The molecular formula is C22H29N3O. The van der Waals surface area contributed by atoms with Crippen LogP contribution in [0.4, 0.5) is 4.79 Å². The van der Waals surface area contributed by atoms with Gasteiger partial charge >= 0.3 is 6.03 Å². The predicted molar refractivity (Wildman–Crippen MR) is 106 cm³/mol. The van der Waals surface area contributed by atoms with E-state index in [1.165, 1.54) is 18.4 Å². The minimum absolute atomic E-state index is 0.111. The Balaban J connectivity index is 1.56. The van der Waals surface area contributed by atoms with Crippen molar-refractivity contribution in [1.29, 1.82) is 0 Å². The summed E-state index contributed by atoms with van der Waals surface area (Å²) in [6.45, 7) is 5.68. The molecule has 2 N–H and O–H groups in total. The molecule has 2 aromatic carbocycles. The summed E-state index contributed by atoms with van der Waals surface area (Å²) < 4.78 is 0. The van der Waals surface area contributed by atoms with Crippen molar-refractivity contribution in [3.63, 3.8) is 0 Å². The summed E-state index contributed by atoms with van der Waals surface area (Å²) in [4.78, 5) is 14.8. The van der Waals surface area contributed by atoms with Crippen LogP contribution in [0.15, 0.2) is 60.7 Å². The van der Waals surface area contributed by atoms with E-state index in [9.17, 15) is 4.79 Å². The van der Waals surface area contributed by atoms with Crippen molar-refractivity contribution in [2.45, 2.75) is 32.4 Å². The Morgan fingerprint density at radius 1 is 1.00 bits per heavy atom. The van der Waals surface area contributed by atoms with Gasteiger partial charge in [-0.25, -0.2) is 4.79 Å². The third-order valence-electron chi connectivity index (χ3n) is 5.20. The van der Waals surface area contributed by atoms with Crippen LogP contribution in [0.2, 0.25) is 0 Å². The van der Waals surface area contributed by atoms with Crippen molar-refractivity contribution in [2.24, 2.45) is 5.92 Å². The molecule has 2 aromatic rings. The summed E-state index contributed by atoms with van der Waals surface area (Å²) in [7, 11) is 0. The second-order valence-electron chi connectivity index (χ2n) is 7.19. The van der Waals surface area contributed by atoms with E-state index >= 15 is 0 Å². The Morgan fingerprint density at radius 2 is 1.62 bits per heavy atom. The van der Waals surface area contributed by atoms with Gasteiger partial charge in [-0.3, -0.25) is 4.90 Å². The maximum absolute atomic E-state index is 12.2. The van der Waals surface area contributed by atoms with Gasteiger partial charge in [0.05, 0.1) is 6.04 Å². The Bertz CT molecular complexity index is 666. The average Bonchev–Trinajstić information content (AvgIpc) is 2.69. The highest BCUT2D eigenvalue weighted by molar-refractivity contribution is 5.73. The zero-order valence-electron chi connectivity index (χ0n) is 15.5. The summed E-state index contributed by atoms with van der Waals surface area (Å²) in [5.74, 6) is 0.796. The van der Waals surface area contributed by atoms with E-state index in [0.717, 1.165) is 24.6 Å². The smallest absolute Gasteiger partial charge is 0.315 e. The number of carbonyl (C=O) groups excluding carboxylic acids is 1. The Hall–Kier alpha value is -2.33. The van der Waals surface area contributed by atoms with Gasteiger partial charge in [0.2, 0.25) is 0 Å². The first-order valence-corrected chi connectivity index (χ1v) is 9.57. The second kappa shape index (κ2) is 9.39. The maximum atomic E-state index is 12.2. The van der Waals surface area contributed by atoms with Gasteiger partial charge < -0.3 is 10.6 Å². The summed E-state index contributed by atoms with van der Waals surface area (Å²) >= 11 is 0. The minimum Gasteiger partial charge on any atom is -0.336 e. The number of hydrogen-bond donors (Lipinski definition) is 2. The molecule has 0 aliphatic carbocycles. The highest BCUT2D eigenvalue weighted by Crippen LogP contribution is 2.26. The standard InChI is InChI=1S/C22H29N3O/c1-18-12-14-25(15-13-18)21(20-10-6-3-7-11-20)17-24-22(26)23-16-19-8-4-2-5-9-19/h2-11,18,21H,12-17H2,1H3,(H2,23,24,26). The largest absolute Gasteiger partial charge is 0.336 e. The summed E-state index contributed by atoms with van der Waals surface area (Å²) in [5.41, 5.74) is 2.37. The van der Waals surface area contributed by atoms with Gasteiger partial charge in [0.25, 0.3) is 0 Å². The van der Waals surface area contributed by atoms with Gasteiger partial charge in [0.1, 0.15) is 0 Å². The van der Waals surface area contributed by atoms with Crippen LogP contribution in [0.25, 0.3) is 0 Å². The molecule has 2 amide bonds. The lowest BCUT2D eigenvalue weighted by atomic mass is 9.96. The summed E-state index contributed by atoms with van der Waals surface area (Å²) in [6, 6.07) is 20.6. The SMILES string of the molecule is CC1CCN(C(CNC(=O)NCc2ccccc2)c2ccccc2)CC1. The van der Waals surface area contributed by atoms with Gasteiger partial charge in [0, 0.05) is 13.1 Å². The monoisotopic (exact) mass is 351 g/mol. The lowest BCUT2D eigenvalue weighted by molar-refractivity contribution is 0.136. The Morgan fingerprint density at radius 3 is 2.27 bits per heavy atom. The van der Waals surface area contributed by atoms with E-state index in [1.807, 2.05) is 36.4 Å². The first-order valence-electron chi connectivity index (χ1n) is 9.57. The van der Waals surface area contributed by atoms with E-state index in [2.05, 4.69) is 46.7 Å². The zero-order valence-corrected chi connectivity index (χ0v) is 15.5. The molecule has 138 valence electrons. The van der Waals surface area contributed by atoms with Crippen molar-refractivity contribution in [1.82, 2.24) is 15.5 Å². The molecule has 4 nitrogen and oxygen atoms in total. The number of rotatable bonds is 6. The number of amides is 2. The quantitative estimate of drug-likeness (QED) is 0.827. The molecule has 0 spiro atoms. The van der Waals surface area contributed by atoms with Gasteiger partial charge in [0.15, 0.2) is 0 Å². The number of urea groups is 1. The van der Waals surface area contributed by atoms with E-state index in [-0.39, 0.29) is 12.1 Å². The lowest BCUT2D eigenvalue weighted by Gasteiger charge is -2.37. The molecule has 1 aliphatic rings. The third-order valence-corrected chi connectivity index (χ3v) is 5.20.